The second kappa shape index (κ2) is 19.8. The zero-order valence-corrected chi connectivity index (χ0v) is 43.4. The average Bonchev–Trinajstić information content (AvgIpc) is 3.65. The van der Waals surface area contributed by atoms with Crippen LogP contribution in [0.15, 0.2) is 0 Å². The Morgan fingerprint density at radius 1 is 0.554 bits per heavy atom. The van der Waals surface area contributed by atoms with Crippen molar-refractivity contribution in [3.8, 4) is 0 Å². The van der Waals surface area contributed by atoms with Crippen molar-refractivity contribution >= 4 is 6.29 Å². The number of ether oxygens (including phenoxy) is 9. The van der Waals surface area contributed by atoms with Crippen LogP contribution in [0.1, 0.15) is 106 Å². The molecule has 0 aromatic carbocycles. The van der Waals surface area contributed by atoms with Crippen molar-refractivity contribution in [2.75, 3.05) is 33.0 Å². The molecule has 0 aromatic heterocycles. The Bertz CT molecular complexity index is 2020. The summed E-state index contributed by atoms with van der Waals surface area (Å²) in [7, 11) is 0. The highest BCUT2D eigenvalue weighted by Crippen LogP contribution is 2.80. The molecule has 0 amide bonds. The third-order valence-corrected chi connectivity index (χ3v) is 22.0. The van der Waals surface area contributed by atoms with Gasteiger partial charge in [0, 0.05) is 16.2 Å². The van der Waals surface area contributed by atoms with E-state index in [1.54, 1.807) is 0 Å². The molecule has 74 heavy (non-hydrogen) atoms. The maximum absolute atomic E-state index is 12.6. The van der Waals surface area contributed by atoms with E-state index >= 15 is 0 Å². The lowest BCUT2D eigenvalue weighted by Crippen LogP contribution is -2.74. The van der Waals surface area contributed by atoms with Gasteiger partial charge in [-0.05, 0) is 98.2 Å². The summed E-state index contributed by atoms with van der Waals surface area (Å²) in [6, 6.07) is 0. The number of aliphatic hydroxyl groups excluding tert-OH is 12. The molecule has 5 aliphatic carbocycles. The molecule has 5 heterocycles. The first kappa shape index (κ1) is 56.1. The molecule has 10 rings (SSSR count). The molecule has 10 fully saturated rings. The Balaban J connectivity index is 0.901. The minimum absolute atomic E-state index is 0.0727. The largest absolute Gasteiger partial charge is 0.394 e. The lowest BCUT2D eigenvalue weighted by atomic mass is 9.30. The molecular weight excluding hydrogens is 977 g/mol. The highest BCUT2D eigenvalue weighted by atomic mass is 16.8. The Morgan fingerprint density at radius 3 is 1.86 bits per heavy atom. The lowest BCUT2D eigenvalue weighted by molar-refractivity contribution is -0.392. The Kier molecular flexibility index (Phi) is 15.0. The standard InChI is InChI=1S/C52H84O22/c1-46(2)27-7-11-49(5)28(8-12-52-29-15-47(3,21-55)13-14-51(29,22-68-52)30(57)16-50(49,52)6)48(27,4)10-9-31(46)72-44-40(74-43-39(65)36(62)33(59)24(17-53)69-43)35(61)26(20-67-44)71-45-41(37(63)34(60)25(18-54)70-45)73-42-38(64)32(58)23(56)19-66-42/h21,23-45,53-54,56-65H,7-20,22H2,1-6H3/t23-,24+,25-,26-,27+,28+,29-,30+,31-,32+,33+,34-,35+,36-,37+,38-,39+,40-,41-,42+,43-,44+,45+,47-,48-,49+,50-,51+,52-/m0/s1. The fourth-order valence-electron chi connectivity index (χ4n) is 17.4. The molecule has 5 saturated heterocycles. The van der Waals surface area contributed by atoms with Crippen LogP contribution in [0.25, 0.3) is 0 Å². The summed E-state index contributed by atoms with van der Waals surface area (Å²) in [5.74, 6) is 0.456. The maximum atomic E-state index is 12.6. The molecule has 424 valence electrons. The highest BCUT2D eigenvalue weighted by molar-refractivity contribution is 5.59. The molecule has 12 N–H and O–H groups in total. The van der Waals surface area contributed by atoms with Gasteiger partial charge in [0.15, 0.2) is 25.2 Å². The molecule has 0 unspecified atom stereocenters. The molecule has 2 bridgehead atoms. The normalized spacial score (nSPS) is 58.1. The Labute approximate surface area is 431 Å². The smallest absolute Gasteiger partial charge is 0.187 e. The molecule has 10 aliphatic rings. The van der Waals surface area contributed by atoms with E-state index < -0.39 is 166 Å². The molecule has 5 aliphatic heterocycles. The summed E-state index contributed by atoms with van der Waals surface area (Å²) in [6.07, 6.45) is -22.1. The molecule has 29 atom stereocenters. The van der Waals surface area contributed by atoms with Crippen molar-refractivity contribution < 1.29 is 109 Å². The monoisotopic (exact) mass is 1060 g/mol. The SMILES string of the molecule is CC1(C)[C@@H](O[C@H]2OC[C@H](O[C@H]3O[C@@H](CO)[C@H](O)[C@@H](O)[C@@H]3O[C@H]3OC[C@H](O)[C@@H](O)[C@@H]3O)[C@@H](O)[C@@H]2O[C@@H]2O[C@H](CO)[C@@H](O)[C@H](O)[C@H]2O)CC[C@@]2(C)[C@@H]1CC[C@]1(C)[C@@H]2CC[C@]23OC[C@@]4(CC[C@](C)(C=O)C[C@@H]42)[C@H](O)C[C@]31C. The van der Waals surface area contributed by atoms with Gasteiger partial charge >= 0.3 is 0 Å². The van der Waals surface area contributed by atoms with Gasteiger partial charge in [0.05, 0.1) is 50.8 Å². The number of hydrogen-bond donors (Lipinski definition) is 12. The predicted molar refractivity (Wildman–Crippen MR) is 251 cm³/mol. The van der Waals surface area contributed by atoms with Gasteiger partial charge in [0.2, 0.25) is 0 Å². The van der Waals surface area contributed by atoms with Crippen molar-refractivity contribution in [3.05, 3.63) is 0 Å². The van der Waals surface area contributed by atoms with E-state index in [2.05, 4.69) is 41.5 Å². The minimum atomic E-state index is -1.89. The number of aliphatic hydroxyl groups is 12. The summed E-state index contributed by atoms with van der Waals surface area (Å²) < 4.78 is 55.9. The topological polar surface area (TPSA) is 343 Å². The molecule has 22 heteroatoms. The second-order valence-electron chi connectivity index (χ2n) is 25.8. The quantitative estimate of drug-likeness (QED) is 0.0795. The van der Waals surface area contributed by atoms with Crippen molar-refractivity contribution in [1.29, 1.82) is 0 Å². The van der Waals surface area contributed by atoms with Gasteiger partial charge in [-0.3, -0.25) is 0 Å². The number of carbonyl (C=O) groups excluding carboxylic acids is 1. The fraction of sp³-hybridized carbons (Fsp3) is 0.981. The second-order valence-corrected chi connectivity index (χ2v) is 25.8. The maximum Gasteiger partial charge on any atom is 0.187 e. The van der Waals surface area contributed by atoms with Crippen molar-refractivity contribution in [2.45, 2.75) is 234 Å². The van der Waals surface area contributed by atoms with E-state index in [4.69, 9.17) is 42.6 Å². The van der Waals surface area contributed by atoms with Gasteiger partial charge in [0.25, 0.3) is 0 Å². The third kappa shape index (κ3) is 8.31. The number of fused-ring (bicyclic) bond motifs is 4. The minimum Gasteiger partial charge on any atom is -0.394 e. The van der Waals surface area contributed by atoms with Gasteiger partial charge in [-0.2, -0.15) is 0 Å². The summed E-state index contributed by atoms with van der Waals surface area (Å²) in [4.78, 5) is 12.6. The van der Waals surface area contributed by atoms with Crippen molar-refractivity contribution in [3.63, 3.8) is 0 Å². The van der Waals surface area contributed by atoms with E-state index in [9.17, 15) is 66.1 Å². The van der Waals surface area contributed by atoms with Crippen molar-refractivity contribution in [1.82, 2.24) is 0 Å². The Hall–Kier alpha value is -1.17. The van der Waals surface area contributed by atoms with E-state index in [0.29, 0.717) is 25.9 Å². The van der Waals surface area contributed by atoms with Crippen LogP contribution < -0.4 is 0 Å². The van der Waals surface area contributed by atoms with Crippen LogP contribution >= 0.6 is 0 Å². The van der Waals surface area contributed by atoms with Crippen LogP contribution in [0.5, 0.6) is 0 Å². The van der Waals surface area contributed by atoms with E-state index in [-0.39, 0.29) is 39.4 Å². The van der Waals surface area contributed by atoms with E-state index in [1.807, 2.05) is 0 Å². The van der Waals surface area contributed by atoms with Crippen LogP contribution in [0, 0.1) is 50.2 Å². The first-order valence-corrected chi connectivity index (χ1v) is 27.1. The first-order valence-electron chi connectivity index (χ1n) is 27.1. The zero-order chi connectivity index (χ0) is 53.5. The number of rotatable bonds is 11. The fourth-order valence-corrected chi connectivity index (χ4v) is 17.4. The summed E-state index contributed by atoms with van der Waals surface area (Å²) >= 11 is 0. The van der Waals surface area contributed by atoms with Gasteiger partial charge in [-0.15, -0.1) is 0 Å². The van der Waals surface area contributed by atoms with Crippen LogP contribution in [0.4, 0.5) is 0 Å². The molecule has 22 nitrogen and oxygen atoms in total. The molecule has 0 radical (unpaired) electrons. The highest BCUT2D eigenvalue weighted by Gasteiger charge is 2.80. The van der Waals surface area contributed by atoms with Crippen LogP contribution in [-0.2, 0) is 47.4 Å². The molecule has 0 aromatic rings. The van der Waals surface area contributed by atoms with Crippen molar-refractivity contribution in [2.24, 2.45) is 50.2 Å². The average molecular weight is 1060 g/mol. The molecule has 1 spiro atoms. The van der Waals surface area contributed by atoms with Crippen LogP contribution in [0.2, 0.25) is 0 Å². The number of carbonyl (C=O) groups is 1. The summed E-state index contributed by atoms with van der Waals surface area (Å²) in [5, 5.41) is 130. The zero-order valence-electron chi connectivity index (χ0n) is 43.4. The number of hydrogen-bond acceptors (Lipinski definition) is 22. The molecule has 5 saturated carbocycles. The molecular formula is C52H84O22. The van der Waals surface area contributed by atoms with Gasteiger partial charge in [-0.1, -0.05) is 41.5 Å². The van der Waals surface area contributed by atoms with Gasteiger partial charge in [-0.25, -0.2) is 0 Å². The van der Waals surface area contributed by atoms with Crippen LogP contribution in [0.3, 0.4) is 0 Å². The third-order valence-electron chi connectivity index (χ3n) is 22.0. The van der Waals surface area contributed by atoms with Gasteiger partial charge in [0.1, 0.15) is 91.7 Å². The van der Waals surface area contributed by atoms with Crippen LogP contribution in [-0.4, -0.2) is 229 Å². The van der Waals surface area contributed by atoms with Gasteiger partial charge < -0.3 is 109 Å². The first-order chi connectivity index (χ1) is 34.8. The number of aldehydes is 1. The summed E-state index contributed by atoms with van der Waals surface area (Å²) in [6.45, 7) is 11.7. The Morgan fingerprint density at radius 2 is 1.18 bits per heavy atom. The summed E-state index contributed by atoms with van der Waals surface area (Å²) in [5.41, 5.74) is -2.57. The van der Waals surface area contributed by atoms with E-state index in [1.165, 1.54) is 0 Å². The predicted octanol–water partition coefficient (Wildman–Crippen LogP) is -1.89. The van der Waals surface area contributed by atoms with E-state index in [0.717, 1.165) is 51.2 Å². The lowest BCUT2D eigenvalue weighted by Gasteiger charge is -2.75.